The fraction of sp³-hybridized carbons (Fsp3) is 0.294. The van der Waals surface area contributed by atoms with Crippen LogP contribution < -0.4 is 4.90 Å². The molecule has 1 amide bonds. The molecule has 1 aromatic heterocycles. The third-order valence-corrected chi connectivity index (χ3v) is 4.10. The van der Waals surface area contributed by atoms with E-state index in [2.05, 4.69) is 17.1 Å². The molecule has 0 aliphatic carbocycles. The number of carbonyl (C=O) groups excluding carboxylic acids is 1. The van der Waals surface area contributed by atoms with Crippen LogP contribution in [0.15, 0.2) is 36.4 Å². The number of pyridine rings is 1. The monoisotopic (exact) mass is 315 g/mol. The second-order valence-electron chi connectivity index (χ2n) is 5.68. The highest BCUT2D eigenvalue weighted by molar-refractivity contribution is 6.29. The fourth-order valence-corrected chi connectivity index (χ4v) is 2.89. The van der Waals surface area contributed by atoms with Gasteiger partial charge in [-0.2, -0.15) is 0 Å². The molecule has 0 radical (unpaired) electrons. The average Bonchev–Trinajstić information content (AvgIpc) is 2.53. The summed E-state index contributed by atoms with van der Waals surface area (Å²) in [6.07, 6.45) is 0.890. The molecule has 0 spiro atoms. The highest BCUT2D eigenvalue weighted by Crippen LogP contribution is 2.22. The first-order valence-corrected chi connectivity index (χ1v) is 7.63. The van der Waals surface area contributed by atoms with Gasteiger partial charge in [0.15, 0.2) is 0 Å². The third-order valence-electron chi connectivity index (χ3n) is 3.90. The van der Waals surface area contributed by atoms with Gasteiger partial charge in [-0.15, -0.1) is 0 Å². The Morgan fingerprint density at radius 3 is 2.68 bits per heavy atom. The first-order valence-electron chi connectivity index (χ1n) is 7.25. The van der Waals surface area contributed by atoms with Gasteiger partial charge in [0, 0.05) is 32.7 Å². The zero-order valence-corrected chi connectivity index (χ0v) is 13.5. The van der Waals surface area contributed by atoms with E-state index in [9.17, 15) is 4.79 Å². The normalized spacial score (nSPS) is 13.7. The number of carbonyl (C=O) groups is 1. The summed E-state index contributed by atoms with van der Waals surface area (Å²) in [6, 6.07) is 11.7. The van der Waals surface area contributed by atoms with Crippen molar-refractivity contribution < 1.29 is 4.79 Å². The molecule has 0 fully saturated rings. The fourth-order valence-electron chi connectivity index (χ4n) is 2.69. The van der Waals surface area contributed by atoms with E-state index >= 15 is 0 Å². The predicted molar refractivity (Wildman–Crippen MR) is 88.5 cm³/mol. The summed E-state index contributed by atoms with van der Waals surface area (Å²) in [5.41, 5.74) is 3.13. The number of benzene rings is 1. The molecule has 2 aromatic rings. The van der Waals surface area contributed by atoms with E-state index in [1.165, 1.54) is 11.1 Å². The summed E-state index contributed by atoms with van der Waals surface area (Å²) in [6.45, 7) is 1.37. The molecule has 3 rings (SSSR count). The lowest BCUT2D eigenvalue weighted by atomic mass is 9.99. The van der Waals surface area contributed by atoms with Crippen molar-refractivity contribution in [3.05, 3.63) is 58.2 Å². The minimum atomic E-state index is 0.00176. The predicted octanol–water partition coefficient (Wildman–Crippen LogP) is 3.00. The summed E-state index contributed by atoms with van der Waals surface area (Å²) < 4.78 is 0. The van der Waals surface area contributed by atoms with Crippen LogP contribution in [0.25, 0.3) is 0 Å². The molecule has 1 aliphatic rings. The Balaban J connectivity index is 1.86. The molecule has 4 nitrogen and oxygen atoms in total. The molecular weight excluding hydrogens is 298 g/mol. The van der Waals surface area contributed by atoms with Crippen molar-refractivity contribution in [1.29, 1.82) is 0 Å². The quantitative estimate of drug-likeness (QED) is 0.799. The summed E-state index contributed by atoms with van der Waals surface area (Å²) in [4.78, 5) is 20.7. The lowest BCUT2D eigenvalue weighted by Crippen LogP contribution is -2.36. The van der Waals surface area contributed by atoms with Crippen molar-refractivity contribution in [3.8, 4) is 0 Å². The van der Waals surface area contributed by atoms with Gasteiger partial charge in [0.2, 0.25) is 0 Å². The molecule has 114 valence electrons. The van der Waals surface area contributed by atoms with Crippen LogP contribution in [0.3, 0.4) is 0 Å². The highest BCUT2D eigenvalue weighted by atomic mass is 35.5. The Labute approximate surface area is 135 Å². The molecule has 1 aliphatic heterocycles. The van der Waals surface area contributed by atoms with E-state index < -0.39 is 0 Å². The van der Waals surface area contributed by atoms with Gasteiger partial charge in [-0.3, -0.25) is 4.79 Å². The van der Waals surface area contributed by atoms with Crippen LogP contribution in [0.4, 0.5) is 5.82 Å². The third kappa shape index (κ3) is 2.92. The lowest BCUT2D eigenvalue weighted by Gasteiger charge is -2.29. The van der Waals surface area contributed by atoms with Crippen LogP contribution in [0.2, 0.25) is 5.15 Å². The molecule has 2 heterocycles. The highest BCUT2D eigenvalue weighted by Gasteiger charge is 2.22. The molecule has 0 saturated heterocycles. The van der Waals surface area contributed by atoms with Gasteiger partial charge >= 0.3 is 0 Å². The van der Waals surface area contributed by atoms with Crippen molar-refractivity contribution in [2.75, 3.05) is 25.5 Å². The van der Waals surface area contributed by atoms with Gasteiger partial charge in [0.1, 0.15) is 11.0 Å². The SMILES string of the molecule is CN(C)c1cc(C(=O)N2CCc3ccccc3C2)cc(Cl)n1. The van der Waals surface area contributed by atoms with E-state index in [4.69, 9.17) is 11.6 Å². The van der Waals surface area contributed by atoms with Crippen LogP contribution in [-0.2, 0) is 13.0 Å². The topological polar surface area (TPSA) is 36.4 Å². The van der Waals surface area contributed by atoms with E-state index in [1.54, 1.807) is 12.1 Å². The first kappa shape index (κ1) is 14.9. The second-order valence-corrected chi connectivity index (χ2v) is 6.06. The van der Waals surface area contributed by atoms with E-state index in [0.29, 0.717) is 23.1 Å². The number of hydrogen-bond acceptors (Lipinski definition) is 3. The minimum absolute atomic E-state index is 0.00176. The number of rotatable bonds is 2. The van der Waals surface area contributed by atoms with Gasteiger partial charge in [0.25, 0.3) is 5.91 Å². The number of hydrogen-bond donors (Lipinski definition) is 0. The van der Waals surface area contributed by atoms with E-state index in [1.807, 2.05) is 36.0 Å². The molecule has 0 saturated carbocycles. The summed E-state index contributed by atoms with van der Waals surface area (Å²) in [5, 5.41) is 0.340. The standard InChI is InChI=1S/C17H18ClN3O/c1-20(2)16-10-14(9-15(18)19-16)17(22)21-8-7-12-5-3-4-6-13(12)11-21/h3-6,9-10H,7-8,11H2,1-2H3. The second kappa shape index (κ2) is 5.97. The van der Waals surface area contributed by atoms with Crippen molar-refractivity contribution in [3.63, 3.8) is 0 Å². The molecule has 0 N–H and O–H groups in total. The number of amides is 1. The number of fused-ring (bicyclic) bond motifs is 1. The van der Waals surface area contributed by atoms with Gasteiger partial charge in [-0.1, -0.05) is 35.9 Å². The molecule has 0 atom stereocenters. The Morgan fingerprint density at radius 1 is 1.23 bits per heavy atom. The summed E-state index contributed by atoms with van der Waals surface area (Å²) in [5.74, 6) is 0.690. The van der Waals surface area contributed by atoms with Crippen molar-refractivity contribution in [2.24, 2.45) is 0 Å². The van der Waals surface area contributed by atoms with Crippen LogP contribution >= 0.6 is 11.6 Å². The average molecular weight is 316 g/mol. The van der Waals surface area contributed by atoms with E-state index in [0.717, 1.165) is 13.0 Å². The summed E-state index contributed by atoms with van der Waals surface area (Å²) in [7, 11) is 3.76. The van der Waals surface area contributed by atoms with Crippen LogP contribution in [0.5, 0.6) is 0 Å². The molecule has 0 unspecified atom stereocenters. The van der Waals surface area contributed by atoms with Crippen LogP contribution in [0, 0.1) is 0 Å². The van der Waals surface area contributed by atoms with Crippen LogP contribution in [-0.4, -0.2) is 36.4 Å². The number of halogens is 1. The Morgan fingerprint density at radius 2 is 1.95 bits per heavy atom. The number of aromatic nitrogens is 1. The van der Waals surface area contributed by atoms with E-state index in [-0.39, 0.29) is 5.91 Å². The Bertz CT molecular complexity index is 715. The van der Waals surface area contributed by atoms with Gasteiger partial charge in [-0.05, 0) is 29.7 Å². The zero-order valence-electron chi connectivity index (χ0n) is 12.7. The smallest absolute Gasteiger partial charge is 0.254 e. The van der Waals surface area contributed by atoms with Gasteiger partial charge < -0.3 is 9.80 Å². The Kier molecular flexibility index (Phi) is 4.03. The van der Waals surface area contributed by atoms with Crippen molar-refractivity contribution in [2.45, 2.75) is 13.0 Å². The van der Waals surface area contributed by atoms with Crippen LogP contribution in [0.1, 0.15) is 21.5 Å². The maximum absolute atomic E-state index is 12.8. The van der Waals surface area contributed by atoms with Crippen molar-refractivity contribution >= 4 is 23.3 Å². The number of nitrogens with zero attached hydrogens (tertiary/aromatic N) is 3. The maximum atomic E-state index is 12.8. The van der Waals surface area contributed by atoms with Crippen molar-refractivity contribution in [1.82, 2.24) is 9.88 Å². The summed E-state index contributed by atoms with van der Waals surface area (Å²) >= 11 is 6.05. The zero-order chi connectivity index (χ0) is 15.7. The Hall–Kier alpha value is -2.07. The maximum Gasteiger partial charge on any atom is 0.254 e. The molecule has 0 bridgehead atoms. The van der Waals surface area contributed by atoms with Gasteiger partial charge in [-0.25, -0.2) is 4.98 Å². The molecular formula is C17H18ClN3O. The van der Waals surface area contributed by atoms with Gasteiger partial charge in [0.05, 0.1) is 0 Å². The molecule has 1 aromatic carbocycles. The number of anilines is 1. The molecule has 22 heavy (non-hydrogen) atoms. The largest absolute Gasteiger partial charge is 0.363 e. The first-order chi connectivity index (χ1) is 10.5. The lowest BCUT2D eigenvalue weighted by molar-refractivity contribution is 0.0734. The minimum Gasteiger partial charge on any atom is -0.363 e. The molecule has 5 heteroatoms.